The lowest BCUT2D eigenvalue weighted by molar-refractivity contribution is -0.125. The van der Waals surface area contributed by atoms with Crippen LogP contribution in [0.2, 0.25) is 0 Å². The number of rotatable bonds is 5. The minimum atomic E-state index is -0.277. The second-order valence-electron chi connectivity index (χ2n) is 4.68. The Morgan fingerprint density at radius 2 is 2.08 bits per heavy atom. The fourth-order valence-electron chi connectivity index (χ4n) is 1.64. The summed E-state index contributed by atoms with van der Waals surface area (Å²) >= 11 is 0. The van der Waals surface area contributed by atoms with Crippen molar-refractivity contribution in [3.05, 3.63) is 0 Å². The standard InChI is InChI=1S/C11H20O2/c1-11(2,13-3)8-10(12)7-9-5-4-6-9/h9H,4-8H2,1-3H3. The molecule has 1 aliphatic rings. The summed E-state index contributed by atoms with van der Waals surface area (Å²) in [4.78, 5) is 11.5. The van der Waals surface area contributed by atoms with Gasteiger partial charge in [-0.2, -0.15) is 0 Å². The van der Waals surface area contributed by atoms with Gasteiger partial charge >= 0.3 is 0 Å². The highest BCUT2D eigenvalue weighted by molar-refractivity contribution is 5.79. The molecule has 76 valence electrons. The summed E-state index contributed by atoms with van der Waals surface area (Å²) in [5.74, 6) is 1.04. The highest BCUT2D eigenvalue weighted by atomic mass is 16.5. The molecule has 0 aliphatic heterocycles. The Hall–Kier alpha value is -0.370. The van der Waals surface area contributed by atoms with Crippen LogP contribution in [0.4, 0.5) is 0 Å². The maximum absolute atomic E-state index is 11.5. The van der Waals surface area contributed by atoms with Crippen LogP contribution in [0.1, 0.15) is 46.0 Å². The molecule has 0 heterocycles. The molecule has 1 aliphatic carbocycles. The number of ether oxygens (including phenoxy) is 1. The van der Waals surface area contributed by atoms with Gasteiger partial charge in [0.2, 0.25) is 0 Å². The number of Topliss-reactive ketones (excluding diaryl/α,β-unsaturated/α-hetero) is 1. The van der Waals surface area contributed by atoms with Gasteiger partial charge in [0, 0.05) is 20.0 Å². The maximum Gasteiger partial charge on any atom is 0.136 e. The van der Waals surface area contributed by atoms with E-state index in [0.717, 1.165) is 6.42 Å². The van der Waals surface area contributed by atoms with Crippen LogP contribution in [0.15, 0.2) is 0 Å². The van der Waals surface area contributed by atoms with E-state index >= 15 is 0 Å². The molecule has 0 amide bonds. The molecule has 0 N–H and O–H groups in total. The number of carbonyl (C=O) groups excluding carboxylic acids is 1. The molecule has 2 nitrogen and oxygen atoms in total. The molecule has 1 saturated carbocycles. The Morgan fingerprint density at radius 3 is 2.46 bits per heavy atom. The van der Waals surface area contributed by atoms with E-state index in [1.54, 1.807) is 7.11 Å². The second kappa shape index (κ2) is 4.23. The van der Waals surface area contributed by atoms with Crippen molar-refractivity contribution in [2.45, 2.75) is 51.6 Å². The normalized spacial score (nSPS) is 18.4. The van der Waals surface area contributed by atoms with Crippen molar-refractivity contribution in [1.82, 2.24) is 0 Å². The van der Waals surface area contributed by atoms with Gasteiger partial charge in [-0.25, -0.2) is 0 Å². The van der Waals surface area contributed by atoms with Crippen LogP contribution >= 0.6 is 0 Å². The minimum Gasteiger partial charge on any atom is -0.378 e. The van der Waals surface area contributed by atoms with Gasteiger partial charge in [0.05, 0.1) is 5.60 Å². The molecule has 0 radical (unpaired) electrons. The Labute approximate surface area is 80.7 Å². The van der Waals surface area contributed by atoms with E-state index in [9.17, 15) is 4.79 Å². The van der Waals surface area contributed by atoms with E-state index in [-0.39, 0.29) is 5.60 Å². The number of methoxy groups -OCH3 is 1. The molecule has 0 aromatic heterocycles. The highest BCUT2D eigenvalue weighted by Crippen LogP contribution is 2.30. The van der Waals surface area contributed by atoms with E-state index < -0.39 is 0 Å². The summed E-state index contributed by atoms with van der Waals surface area (Å²) in [7, 11) is 1.66. The molecule has 13 heavy (non-hydrogen) atoms. The predicted molar refractivity (Wildman–Crippen MR) is 52.7 cm³/mol. The fraction of sp³-hybridized carbons (Fsp3) is 0.909. The van der Waals surface area contributed by atoms with Gasteiger partial charge < -0.3 is 4.74 Å². The third kappa shape index (κ3) is 3.47. The lowest BCUT2D eigenvalue weighted by Gasteiger charge is -2.27. The molecule has 1 fully saturated rings. The fourth-order valence-corrected chi connectivity index (χ4v) is 1.64. The van der Waals surface area contributed by atoms with Gasteiger partial charge in [-0.05, 0) is 19.8 Å². The molecular weight excluding hydrogens is 164 g/mol. The van der Waals surface area contributed by atoms with Gasteiger partial charge in [0.1, 0.15) is 5.78 Å². The third-order valence-electron chi connectivity index (χ3n) is 2.92. The zero-order valence-electron chi connectivity index (χ0n) is 8.93. The summed E-state index contributed by atoms with van der Waals surface area (Å²) in [6.45, 7) is 3.93. The van der Waals surface area contributed by atoms with Crippen LogP contribution in [0, 0.1) is 5.92 Å². The van der Waals surface area contributed by atoms with E-state index in [4.69, 9.17) is 4.74 Å². The molecule has 0 saturated heterocycles. The van der Waals surface area contributed by atoms with E-state index in [0.29, 0.717) is 18.1 Å². The molecule has 0 bridgehead atoms. The van der Waals surface area contributed by atoms with Crippen LogP contribution in [-0.2, 0) is 9.53 Å². The maximum atomic E-state index is 11.5. The monoisotopic (exact) mass is 184 g/mol. The first-order valence-electron chi connectivity index (χ1n) is 5.10. The van der Waals surface area contributed by atoms with Gasteiger partial charge in [-0.1, -0.05) is 19.3 Å². The minimum absolute atomic E-state index is 0.277. The van der Waals surface area contributed by atoms with Crippen molar-refractivity contribution >= 4 is 5.78 Å². The van der Waals surface area contributed by atoms with Crippen molar-refractivity contribution in [2.24, 2.45) is 5.92 Å². The summed E-state index contributed by atoms with van der Waals surface area (Å²) in [5, 5.41) is 0. The second-order valence-corrected chi connectivity index (χ2v) is 4.68. The Kier molecular flexibility index (Phi) is 3.48. The Bertz CT molecular complexity index is 181. The first-order chi connectivity index (χ1) is 6.03. The summed E-state index contributed by atoms with van der Waals surface area (Å²) < 4.78 is 5.22. The topological polar surface area (TPSA) is 26.3 Å². The molecule has 0 spiro atoms. The van der Waals surface area contributed by atoms with Crippen LogP contribution < -0.4 is 0 Å². The van der Waals surface area contributed by atoms with Crippen LogP contribution in [0.25, 0.3) is 0 Å². The highest BCUT2D eigenvalue weighted by Gasteiger charge is 2.25. The van der Waals surface area contributed by atoms with Gasteiger partial charge in [0.25, 0.3) is 0 Å². The first kappa shape index (κ1) is 10.7. The summed E-state index contributed by atoms with van der Waals surface area (Å²) in [6.07, 6.45) is 5.14. The molecule has 0 aromatic rings. The van der Waals surface area contributed by atoms with Gasteiger partial charge in [0.15, 0.2) is 0 Å². The molecule has 0 unspecified atom stereocenters. The van der Waals surface area contributed by atoms with E-state index in [2.05, 4.69) is 0 Å². The largest absolute Gasteiger partial charge is 0.378 e. The summed E-state index contributed by atoms with van der Waals surface area (Å²) in [5.41, 5.74) is -0.277. The SMILES string of the molecule is COC(C)(C)CC(=O)CC1CCC1. The van der Waals surface area contributed by atoms with Gasteiger partial charge in [-0.15, -0.1) is 0 Å². The zero-order chi connectivity index (χ0) is 9.90. The average molecular weight is 184 g/mol. The molecule has 2 heteroatoms. The zero-order valence-corrected chi connectivity index (χ0v) is 8.93. The molecule has 1 rings (SSSR count). The Morgan fingerprint density at radius 1 is 1.46 bits per heavy atom. The van der Waals surface area contributed by atoms with E-state index in [1.165, 1.54) is 19.3 Å². The van der Waals surface area contributed by atoms with Crippen molar-refractivity contribution in [1.29, 1.82) is 0 Å². The summed E-state index contributed by atoms with van der Waals surface area (Å²) in [6, 6.07) is 0. The van der Waals surface area contributed by atoms with Crippen molar-refractivity contribution < 1.29 is 9.53 Å². The number of ketones is 1. The van der Waals surface area contributed by atoms with Gasteiger partial charge in [-0.3, -0.25) is 4.79 Å². The van der Waals surface area contributed by atoms with Crippen molar-refractivity contribution in [3.63, 3.8) is 0 Å². The number of hydrogen-bond donors (Lipinski definition) is 0. The third-order valence-corrected chi connectivity index (χ3v) is 2.92. The van der Waals surface area contributed by atoms with Crippen molar-refractivity contribution in [2.75, 3.05) is 7.11 Å². The number of carbonyl (C=O) groups is 1. The lowest BCUT2D eigenvalue weighted by atomic mass is 9.80. The average Bonchev–Trinajstić information content (AvgIpc) is 1.96. The first-order valence-corrected chi connectivity index (χ1v) is 5.10. The predicted octanol–water partition coefficient (Wildman–Crippen LogP) is 2.56. The smallest absolute Gasteiger partial charge is 0.136 e. The van der Waals surface area contributed by atoms with Crippen LogP contribution in [0.3, 0.4) is 0 Å². The van der Waals surface area contributed by atoms with E-state index in [1.807, 2.05) is 13.8 Å². The number of hydrogen-bond acceptors (Lipinski definition) is 2. The quantitative estimate of drug-likeness (QED) is 0.656. The van der Waals surface area contributed by atoms with Crippen LogP contribution in [-0.4, -0.2) is 18.5 Å². The molecular formula is C11H20O2. The van der Waals surface area contributed by atoms with Crippen LogP contribution in [0.5, 0.6) is 0 Å². The lowest BCUT2D eigenvalue weighted by Crippen LogP contribution is -2.28. The Balaban J connectivity index is 2.23. The van der Waals surface area contributed by atoms with Crippen molar-refractivity contribution in [3.8, 4) is 0 Å². The molecule has 0 aromatic carbocycles. The molecule has 0 atom stereocenters.